The molecule has 2 aliphatic rings. The van der Waals surface area contributed by atoms with E-state index < -0.39 is 0 Å². The van der Waals surface area contributed by atoms with E-state index in [1.165, 1.54) is 4.90 Å². The Kier molecular flexibility index (Phi) is 4.84. The van der Waals surface area contributed by atoms with Crippen molar-refractivity contribution in [2.75, 3.05) is 6.54 Å². The molecule has 24 heavy (non-hydrogen) atoms. The van der Waals surface area contributed by atoms with Crippen molar-refractivity contribution >= 4 is 23.9 Å². The molecule has 124 valence electrons. The van der Waals surface area contributed by atoms with Crippen molar-refractivity contribution in [2.45, 2.75) is 32.1 Å². The number of hydrazone groups is 1. The predicted octanol–water partition coefficient (Wildman–Crippen LogP) is 2.28. The number of fused-ring (bicyclic) bond motifs is 1. The highest BCUT2D eigenvalue weighted by molar-refractivity contribution is 6.21. The number of amides is 3. The first-order chi connectivity index (χ1) is 11.7. The van der Waals surface area contributed by atoms with Gasteiger partial charge in [0.2, 0.25) is 5.91 Å². The Morgan fingerprint density at radius 1 is 1.21 bits per heavy atom. The molecule has 1 heterocycles. The van der Waals surface area contributed by atoms with E-state index >= 15 is 0 Å². The van der Waals surface area contributed by atoms with Gasteiger partial charge in [-0.25, -0.2) is 5.43 Å². The number of nitrogens with one attached hydrogen (secondary N) is 1. The van der Waals surface area contributed by atoms with Gasteiger partial charge in [-0.2, -0.15) is 5.10 Å². The highest BCUT2D eigenvalue weighted by atomic mass is 16.2. The first kappa shape index (κ1) is 16.1. The van der Waals surface area contributed by atoms with Gasteiger partial charge in [-0.3, -0.25) is 19.3 Å². The molecule has 3 rings (SSSR count). The number of imide groups is 1. The Bertz CT molecular complexity index is 702. The Labute approximate surface area is 140 Å². The van der Waals surface area contributed by atoms with Gasteiger partial charge in [-0.05, 0) is 43.4 Å². The second kappa shape index (κ2) is 7.21. The normalized spacial score (nSPS) is 16.7. The summed E-state index contributed by atoms with van der Waals surface area (Å²) >= 11 is 0. The molecule has 0 radical (unpaired) electrons. The van der Waals surface area contributed by atoms with Crippen LogP contribution in [0.15, 0.2) is 41.0 Å². The third kappa shape index (κ3) is 3.42. The van der Waals surface area contributed by atoms with Crippen LogP contribution < -0.4 is 5.43 Å². The van der Waals surface area contributed by atoms with Crippen LogP contribution in [0.25, 0.3) is 0 Å². The molecule has 6 heteroatoms. The number of benzene rings is 1. The molecule has 1 aromatic carbocycles. The minimum atomic E-state index is -0.290. The lowest BCUT2D eigenvalue weighted by molar-refractivity contribution is -0.121. The van der Waals surface area contributed by atoms with Crippen LogP contribution >= 0.6 is 0 Å². The summed E-state index contributed by atoms with van der Waals surface area (Å²) in [6.45, 7) is 0.231. The van der Waals surface area contributed by atoms with Crippen LogP contribution in [-0.4, -0.2) is 35.4 Å². The minimum Gasteiger partial charge on any atom is -0.274 e. The SMILES string of the molecule is O=C(CCCN1C(=O)c2ccccc2C1=O)N/N=C\C1=CCCC1. The first-order valence-corrected chi connectivity index (χ1v) is 8.13. The van der Waals surface area contributed by atoms with Gasteiger partial charge >= 0.3 is 0 Å². The number of rotatable bonds is 6. The van der Waals surface area contributed by atoms with Crippen molar-refractivity contribution in [2.24, 2.45) is 5.10 Å². The van der Waals surface area contributed by atoms with E-state index in [1.54, 1.807) is 30.5 Å². The van der Waals surface area contributed by atoms with Crippen LogP contribution in [-0.2, 0) is 4.79 Å². The summed E-state index contributed by atoms with van der Waals surface area (Å²) in [6.07, 6.45) is 7.61. The second-order valence-electron chi connectivity index (χ2n) is 5.88. The maximum absolute atomic E-state index is 12.2. The molecule has 0 unspecified atom stereocenters. The van der Waals surface area contributed by atoms with Gasteiger partial charge in [0.05, 0.1) is 17.3 Å². The molecule has 0 saturated carbocycles. The predicted molar refractivity (Wildman–Crippen MR) is 89.6 cm³/mol. The molecule has 3 amide bonds. The lowest BCUT2D eigenvalue weighted by Crippen LogP contribution is -2.31. The van der Waals surface area contributed by atoms with Crippen LogP contribution in [0.1, 0.15) is 52.8 Å². The fourth-order valence-corrected chi connectivity index (χ4v) is 2.90. The van der Waals surface area contributed by atoms with E-state index in [0.717, 1.165) is 24.8 Å². The topological polar surface area (TPSA) is 78.8 Å². The van der Waals surface area contributed by atoms with Crippen molar-refractivity contribution in [3.63, 3.8) is 0 Å². The summed E-state index contributed by atoms with van der Waals surface area (Å²) in [4.78, 5) is 37.3. The summed E-state index contributed by atoms with van der Waals surface area (Å²) in [6, 6.07) is 6.76. The highest BCUT2D eigenvalue weighted by Gasteiger charge is 2.34. The van der Waals surface area contributed by atoms with E-state index in [-0.39, 0.29) is 30.7 Å². The standard InChI is InChI=1S/C18H19N3O3/c22-16(20-19-12-13-6-1-2-7-13)10-5-11-21-17(23)14-8-3-4-9-15(14)18(21)24/h3-4,6,8-9,12H,1-2,5,7,10-11H2,(H,20,22)/b19-12-. The van der Waals surface area contributed by atoms with Crippen LogP contribution in [0.3, 0.4) is 0 Å². The molecule has 0 aromatic heterocycles. The fraction of sp³-hybridized carbons (Fsp3) is 0.333. The quantitative estimate of drug-likeness (QED) is 0.495. The van der Waals surface area contributed by atoms with Crippen LogP contribution in [0.2, 0.25) is 0 Å². The third-order valence-corrected chi connectivity index (χ3v) is 4.16. The third-order valence-electron chi connectivity index (χ3n) is 4.16. The number of nitrogens with zero attached hydrogens (tertiary/aromatic N) is 2. The van der Waals surface area contributed by atoms with Gasteiger partial charge in [0.25, 0.3) is 11.8 Å². The lowest BCUT2D eigenvalue weighted by atomic mass is 10.1. The average Bonchev–Trinajstić information content (AvgIpc) is 3.18. The van der Waals surface area contributed by atoms with Crippen LogP contribution in [0, 0.1) is 0 Å². The fourth-order valence-electron chi connectivity index (χ4n) is 2.90. The van der Waals surface area contributed by atoms with Gasteiger partial charge in [-0.15, -0.1) is 0 Å². The van der Waals surface area contributed by atoms with Gasteiger partial charge in [-0.1, -0.05) is 18.2 Å². The van der Waals surface area contributed by atoms with E-state index in [2.05, 4.69) is 16.6 Å². The minimum absolute atomic E-state index is 0.212. The Hall–Kier alpha value is -2.76. The van der Waals surface area contributed by atoms with Crippen LogP contribution in [0.4, 0.5) is 0 Å². The maximum atomic E-state index is 12.2. The van der Waals surface area contributed by atoms with E-state index in [9.17, 15) is 14.4 Å². The summed E-state index contributed by atoms with van der Waals surface area (Å²) in [7, 11) is 0. The van der Waals surface area contributed by atoms with Gasteiger partial charge < -0.3 is 0 Å². The molecule has 1 N–H and O–H groups in total. The van der Waals surface area contributed by atoms with Crippen molar-refractivity contribution in [3.05, 3.63) is 47.0 Å². The van der Waals surface area contributed by atoms with Crippen molar-refractivity contribution in [1.82, 2.24) is 10.3 Å². The smallest absolute Gasteiger partial charge is 0.261 e. The van der Waals surface area contributed by atoms with Crippen molar-refractivity contribution in [3.8, 4) is 0 Å². The second-order valence-corrected chi connectivity index (χ2v) is 5.88. The number of hydrogen-bond donors (Lipinski definition) is 1. The van der Waals surface area contributed by atoms with Crippen LogP contribution in [0.5, 0.6) is 0 Å². The molecule has 6 nitrogen and oxygen atoms in total. The molecule has 1 aromatic rings. The lowest BCUT2D eigenvalue weighted by Gasteiger charge is -2.12. The van der Waals surface area contributed by atoms with Gasteiger partial charge in [0.15, 0.2) is 0 Å². The first-order valence-electron chi connectivity index (χ1n) is 8.13. The summed E-state index contributed by atoms with van der Waals surface area (Å²) in [5.74, 6) is -0.800. The molecule has 0 spiro atoms. The Morgan fingerprint density at radius 2 is 1.92 bits per heavy atom. The number of carbonyl (C=O) groups excluding carboxylic acids is 3. The molecular formula is C18H19N3O3. The molecule has 0 saturated heterocycles. The number of allylic oxidation sites excluding steroid dienone is 2. The van der Waals surface area contributed by atoms with E-state index in [1.807, 2.05) is 0 Å². The Morgan fingerprint density at radius 3 is 2.54 bits per heavy atom. The largest absolute Gasteiger partial charge is 0.274 e. The zero-order chi connectivity index (χ0) is 16.9. The molecule has 1 aliphatic carbocycles. The van der Waals surface area contributed by atoms with E-state index in [0.29, 0.717) is 17.5 Å². The summed E-state index contributed by atoms with van der Waals surface area (Å²) in [5, 5.41) is 3.93. The van der Waals surface area contributed by atoms with Gasteiger partial charge in [0.1, 0.15) is 0 Å². The van der Waals surface area contributed by atoms with E-state index in [4.69, 9.17) is 0 Å². The number of hydrogen-bond acceptors (Lipinski definition) is 4. The number of carbonyl (C=O) groups is 3. The summed E-state index contributed by atoms with van der Waals surface area (Å²) in [5.41, 5.74) is 4.48. The van der Waals surface area contributed by atoms with Crippen molar-refractivity contribution in [1.29, 1.82) is 0 Å². The molecule has 1 aliphatic heterocycles. The van der Waals surface area contributed by atoms with Crippen molar-refractivity contribution < 1.29 is 14.4 Å². The zero-order valence-electron chi connectivity index (χ0n) is 13.3. The monoisotopic (exact) mass is 325 g/mol. The molecule has 0 bridgehead atoms. The average molecular weight is 325 g/mol. The molecular weight excluding hydrogens is 306 g/mol. The molecule has 0 fully saturated rings. The van der Waals surface area contributed by atoms with Gasteiger partial charge in [0, 0.05) is 13.0 Å². The highest BCUT2D eigenvalue weighted by Crippen LogP contribution is 2.22. The molecule has 0 atom stereocenters. The zero-order valence-corrected chi connectivity index (χ0v) is 13.3. The Balaban J connectivity index is 1.44. The summed E-state index contributed by atoms with van der Waals surface area (Å²) < 4.78 is 0. The maximum Gasteiger partial charge on any atom is 0.261 e.